The fourth-order valence-electron chi connectivity index (χ4n) is 5.20. The van der Waals surface area contributed by atoms with Crippen LogP contribution < -0.4 is 9.64 Å². The van der Waals surface area contributed by atoms with Crippen LogP contribution in [0.2, 0.25) is 5.02 Å². The molecule has 3 heterocycles. The van der Waals surface area contributed by atoms with Crippen LogP contribution >= 0.6 is 27.5 Å². The van der Waals surface area contributed by atoms with Gasteiger partial charge in [0, 0.05) is 50.9 Å². The first kappa shape index (κ1) is 29.0. The van der Waals surface area contributed by atoms with Gasteiger partial charge in [-0.15, -0.1) is 0 Å². The van der Waals surface area contributed by atoms with Gasteiger partial charge in [-0.2, -0.15) is 0 Å². The summed E-state index contributed by atoms with van der Waals surface area (Å²) in [5, 5.41) is 0.558. The van der Waals surface area contributed by atoms with E-state index in [0.29, 0.717) is 42.9 Å². The number of methoxy groups -OCH3 is 1. The number of piperazine rings is 1. The molecule has 0 spiro atoms. The lowest BCUT2D eigenvalue weighted by Gasteiger charge is -2.48. The van der Waals surface area contributed by atoms with E-state index in [2.05, 4.69) is 51.2 Å². The monoisotopic (exact) mass is 611 g/mol. The third kappa shape index (κ3) is 5.78. The van der Waals surface area contributed by atoms with E-state index in [1.54, 1.807) is 12.0 Å². The smallest absolute Gasteiger partial charge is 0.410 e. The minimum Gasteiger partial charge on any atom is -0.488 e. The zero-order chi connectivity index (χ0) is 27.9. The molecule has 210 valence electrons. The second-order valence-corrected chi connectivity index (χ2v) is 12.5. The number of hydrogen-bond donors (Lipinski definition) is 0. The summed E-state index contributed by atoms with van der Waals surface area (Å²) in [5.41, 5.74) is 1.27. The predicted molar refractivity (Wildman–Crippen MR) is 155 cm³/mol. The number of halogens is 2. The number of benzene rings is 1. The number of ether oxygens (including phenoxy) is 3. The third-order valence-corrected chi connectivity index (χ3v) is 8.33. The molecule has 0 radical (unpaired) electrons. The molecule has 0 N–H and O–H groups in total. The molecule has 3 aliphatic heterocycles. The normalized spacial score (nSPS) is 23.3. The summed E-state index contributed by atoms with van der Waals surface area (Å²) in [4.78, 5) is 26.4. The maximum absolute atomic E-state index is 12.9. The summed E-state index contributed by atoms with van der Waals surface area (Å²) in [6, 6.07) is 1.89. The molecular formula is C27H39BrClN5O4. The number of aliphatic imine (C=N–C) groups is 1. The van der Waals surface area contributed by atoms with Crippen molar-refractivity contribution in [3.8, 4) is 5.75 Å². The van der Waals surface area contributed by atoms with E-state index in [9.17, 15) is 4.79 Å². The Bertz CT molecular complexity index is 1120. The van der Waals surface area contributed by atoms with Crippen LogP contribution in [0.25, 0.3) is 0 Å². The van der Waals surface area contributed by atoms with Crippen LogP contribution in [0.15, 0.2) is 27.9 Å². The summed E-state index contributed by atoms with van der Waals surface area (Å²) >= 11 is 10.3. The Morgan fingerprint density at radius 1 is 1.32 bits per heavy atom. The van der Waals surface area contributed by atoms with Crippen LogP contribution in [0.5, 0.6) is 5.75 Å². The molecule has 0 aromatic heterocycles. The molecule has 1 aromatic rings. The van der Waals surface area contributed by atoms with E-state index in [1.165, 1.54) is 0 Å². The van der Waals surface area contributed by atoms with Gasteiger partial charge in [-0.25, -0.2) is 9.79 Å². The largest absolute Gasteiger partial charge is 0.488 e. The van der Waals surface area contributed by atoms with Gasteiger partial charge in [-0.3, -0.25) is 0 Å². The van der Waals surface area contributed by atoms with Gasteiger partial charge in [0.15, 0.2) is 5.75 Å². The predicted octanol–water partition coefficient (Wildman–Crippen LogP) is 4.81. The van der Waals surface area contributed by atoms with Crippen molar-refractivity contribution in [1.29, 1.82) is 0 Å². The molecular weight excluding hydrogens is 574 g/mol. The summed E-state index contributed by atoms with van der Waals surface area (Å²) in [7, 11) is 3.78. The number of likely N-dealkylation sites (N-methyl/N-ethyl adjacent to an activating group) is 1. The molecule has 3 aliphatic rings. The third-order valence-electron chi connectivity index (χ3n) is 7.02. The fourth-order valence-corrected chi connectivity index (χ4v) is 5.81. The Morgan fingerprint density at radius 3 is 2.68 bits per heavy atom. The lowest BCUT2D eigenvalue weighted by atomic mass is 10.00. The van der Waals surface area contributed by atoms with Crippen LogP contribution in [0.1, 0.15) is 40.2 Å². The molecule has 1 amide bonds. The second-order valence-electron chi connectivity index (χ2n) is 11.3. The van der Waals surface area contributed by atoms with Gasteiger partial charge in [0.1, 0.15) is 23.9 Å². The van der Waals surface area contributed by atoms with E-state index >= 15 is 0 Å². The van der Waals surface area contributed by atoms with Gasteiger partial charge in [0.05, 0.1) is 27.8 Å². The van der Waals surface area contributed by atoms with Crippen molar-refractivity contribution < 1.29 is 19.0 Å². The van der Waals surface area contributed by atoms with Gasteiger partial charge in [0.25, 0.3) is 0 Å². The zero-order valence-electron chi connectivity index (χ0n) is 23.4. The molecule has 4 rings (SSSR count). The summed E-state index contributed by atoms with van der Waals surface area (Å²) in [6.07, 6.45) is -0.296. The van der Waals surface area contributed by atoms with Crippen LogP contribution in [0, 0.1) is 0 Å². The van der Waals surface area contributed by atoms with E-state index < -0.39 is 5.60 Å². The van der Waals surface area contributed by atoms with Gasteiger partial charge in [0.2, 0.25) is 0 Å². The molecule has 0 unspecified atom stereocenters. The highest BCUT2D eigenvalue weighted by atomic mass is 79.9. The first-order valence-corrected chi connectivity index (χ1v) is 14.1. The first-order valence-electron chi connectivity index (χ1n) is 13.0. The van der Waals surface area contributed by atoms with Gasteiger partial charge < -0.3 is 33.8 Å². The van der Waals surface area contributed by atoms with Crippen molar-refractivity contribution in [2.24, 2.45) is 4.99 Å². The number of amidine groups is 1. The molecule has 0 bridgehead atoms. The molecule has 3 atom stereocenters. The van der Waals surface area contributed by atoms with Crippen molar-refractivity contribution in [2.45, 2.75) is 58.3 Å². The van der Waals surface area contributed by atoms with E-state index in [1.807, 2.05) is 33.8 Å². The van der Waals surface area contributed by atoms with Gasteiger partial charge in [-0.1, -0.05) is 18.2 Å². The first-order chi connectivity index (χ1) is 17.8. The highest BCUT2D eigenvalue weighted by Gasteiger charge is 2.42. The Labute approximate surface area is 239 Å². The molecule has 1 fully saturated rings. The number of carbonyl (C=O) groups excluding carboxylic acids is 1. The Balaban J connectivity index is 1.66. The summed E-state index contributed by atoms with van der Waals surface area (Å²) < 4.78 is 18.0. The van der Waals surface area contributed by atoms with Crippen molar-refractivity contribution in [3.63, 3.8) is 0 Å². The highest BCUT2D eigenvalue weighted by molar-refractivity contribution is 9.10. The number of hydrogen-bond acceptors (Lipinski definition) is 8. The lowest BCUT2D eigenvalue weighted by molar-refractivity contribution is 0.000477. The number of amides is 1. The molecule has 1 saturated heterocycles. The number of carbonyl (C=O) groups is 1. The summed E-state index contributed by atoms with van der Waals surface area (Å²) in [6.45, 7) is 18.0. The molecule has 0 saturated carbocycles. The van der Waals surface area contributed by atoms with Crippen LogP contribution in [0.3, 0.4) is 0 Å². The Hall–Kier alpha value is -2.01. The van der Waals surface area contributed by atoms with Crippen molar-refractivity contribution >= 4 is 45.1 Å². The highest BCUT2D eigenvalue weighted by Crippen LogP contribution is 2.49. The molecule has 9 nitrogen and oxygen atoms in total. The van der Waals surface area contributed by atoms with Crippen molar-refractivity contribution in [3.05, 3.63) is 33.5 Å². The van der Waals surface area contributed by atoms with Crippen LogP contribution in [-0.2, 0) is 9.47 Å². The van der Waals surface area contributed by atoms with E-state index in [0.717, 1.165) is 34.6 Å². The Morgan fingerprint density at radius 2 is 2.03 bits per heavy atom. The summed E-state index contributed by atoms with van der Waals surface area (Å²) in [5.74, 6) is 2.15. The average Bonchev–Trinajstić information content (AvgIpc) is 2.83. The molecule has 11 heteroatoms. The number of anilines is 1. The number of rotatable bonds is 5. The van der Waals surface area contributed by atoms with E-state index in [4.69, 9.17) is 30.8 Å². The maximum Gasteiger partial charge on any atom is 0.410 e. The Kier molecular flexibility index (Phi) is 8.57. The minimum atomic E-state index is -0.548. The second kappa shape index (κ2) is 11.2. The van der Waals surface area contributed by atoms with E-state index in [-0.39, 0.29) is 24.2 Å². The molecule has 38 heavy (non-hydrogen) atoms. The van der Waals surface area contributed by atoms with Crippen molar-refractivity contribution in [1.82, 2.24) is 14.7 Å². The lowest BCUT2D eigenvalue weighted by Crippen LogP contribution is -2.61. The minimum absolute atomic E-state index is 0.00428. The molecule has 1 aromatic carbocycles. The standard InChI is InChI=1S/C27H39BrClN5O4/c1-16-13-33(26(35)38-27(4,5)6)17(2)12-32(16)25-20-11-21(29)22(28)24-23(20)34(18(3)30-25)19(15-37-24)14-31(7)9-10-36-8/h11,16-17,19H,3,9-10,12-15H2,1-2,4-8H3/t16-,17+,19+/m0/s1. The van der Waals surface area contributed by atoms with Gasteiger partial charge in [-0.05, 0) is 63.7 Å². The average molecular weight is 613 g/mol. The fraction of sp³-hybridized carbons (Fsp3) is 0.630. The number of nitrogens with zero attached hydrogens (tertiary/aromatic N) is 5. The topological polar surface area (TPSA) is 70.1 Å². The SMILES string of the molecule is C=C1N=C(N2C[C@@H](C)N(C(=O)OC(C)(C)C)C[C@@H]2C)c2cc(Cl)c(Br)c3c2N1[C@H](CN(C)CCOC)CO3. The van der Waals surface area contributed by atoms with Gasteiger partial charge >= 0.3 is 6.09 Å². The van der Waals surface area contributed by atoms with Crippen molar-refractivity contribution in [2.75, 3.05) is 58.5 Å². The quantitative estimate of drug-likeness (QED) is 0.473. The zero-order valence-corrected chi connectivity index (χ0v) is 25.7. The van der Waals surface area contributed by atoms with Crippen LogP contribution in [-0.4, -0.2) is 104 Å². The molecule has 0 aliphatic carbocycles. The maximum atomic E-state index is 12.9. The van der Waals surface area contributed by atoms with Crippen LogP contribution in [0.4, 0.5) is 10.5 Å².